The average molecular weight is 418 g/mol. The molecule has 1 N–H and O–H groups in total. The van der Waals surface area contributed by atoms with Crippen molar-refractivity contribution >= 4 is 0 Å². The van der Waals surface area contributed by atoms with Gasteiger partial charge < -0.3 is 24.1 Å². The highest BCUT2D eigenvalue weighted by Gasteiger charge is 2.69. The summed E-state index contributed by atoms with van der Waals surface area (Å²) in [7, 11) is 4.88. The molecule has 2 aliphatic rings. The smallest absolute Gasteiger partial charge is 0.174 e. The molecule has 1 saturated carbocycles. The lowest BCUT2D eigenvalue weighted by molar-refractivity contribution is -0.106. The molecule has 3 aromatic carbocycles. The molecule has 0 bridgehead atoms. The van der Waals surface area contributed by atoms with Crippen molar-refractivity contribution in [1.29, 1.82) is 0 Å². The van der Waals surface area contributed by atoms with E-state index in [1.165, 1.54) is 0 Å². The Hall–Kier alpha value is -3.18. The SMILES string of the molecule is COc1ccc([C@@H]2CCC3(O)c4c(OC)cc(OC)cc4OC23c2ccccc2)cc1. The van der Waals surface area contributed by atoms with Crippen LogP contribution in [0.4, 0.5) is 0 Å². The van der Waals surface area contributed by atoms with Crippen molar-refractivity contribution < 1.29 is 24.1 Å². The van der Waals surface area contributed by atoms with Gasteiger partial charge in [-0.2, -0.15) is 0 Å². The molecule has 1 aliphatic heterocycles. The average Bonchev–Trinajstić information content (AvgIpc) is 3.26. The van der Waals surface area contributed by atoms with Crippen LogP contribution in [0.25, 0.3) is 0 Å². The normalized spacial score (nSPS) is 26.0. The van der Waals surface area contributed by atoms with Crippen LogP contribution in [-0.2, 0) is 11.2 Å². The van der Waals surface area contributed by atoms with Gasteiger partial charge in [-0.15, -0.1) is 0 Å². The highest BCUT2D eigenvalue weighted by molar-refractivity contribution is 5.61. The molecule has 31 heavy (non-hydrogen) atoms. The van der Waals surface area contributed by atoms with Crippen molar-refractivity contribution in [2.75, 3.05) is 21.3 Å². The van der Waals surface area contributed by atoms with Crippen LogP contribution >= 0.6 is 0 Å². The Bertz CT molecular complexity index is 1090. The third-order valence-electron chi connectivity index (χ3n) is 6.80. The summed E-state index contributed by atoms with van der Waals surface area (Å²) in [6.07, 6.45) is 1.32. The number of methoxy groups -OCH3 is 3. The van der Waals surface area contributed by atoms with E-state index in [0.717, 1.165) is 23.3 Å². The fraction of sp³-hybridized carbons (Fsp3) is 0.308. The maximum absolute atomic E-state index is 12.3. The highest BCUT2D eigenvalue weighted by atomic mass is 16.5. The van der Waals surface area contributed by atoms with Crippen LogP contribution in [0.15, 0.2) is 66.7 Å². The third kappa shape index (κ3) is 2.66. The number of fused-ring (bicyclic) bond motifs is 3. The van der Waals surface area contributed by atoms with Crippen LogP contribution in [0.3, 0.4) is 0 Å². The first-order chi connectivity index (χ1) is 15.1. The van der Waals surface area contributed by atoms with E-state index in [2.05, 4.69) is 12.1 Å². The Morgan fingerprint density at radius 1 is 0.871 bits per heavy atom. The molecule has 0 saturated heterocycles. The van der Waals surface area contributed by atoms with Gasteiger partial charge in [0.2, 0.25) is 0 Å². The molecule has 0 amide bonds. The summed E-state index contributed by atoms with van der Waals surface area (Å²) in [5, 5.41) is 12.3. The Balaban J connectivity index is 1.74. The van der Waals surface area contributed by atoms with Crippen molar-refractivity contribution in [3.63, 3.8) is 0 Å². The Morgan fingerprint density at radius 3 is 2.23 bits per heavy atom. The molecule has 1 fully saturated rings. The lowest BCUT2D eigenvalue weighted by atomic mass is 9.71. The molecule has 3 aromatic rings. The lowest BCUT2D eigenvalue weighted by Crippen LogP contribution is -2.48. The van der Waals surface area contributed by atoms with Gasteiger partial charge >= 0.3 is 0 Å². The zero-order chi connectivity index (χ0) is 21.6. The molecule has 0 spiro atoms. The minimum Gasteiger partial charge on any atom is -0.497 e. The van der Waals surface area contributed by atoms with Crippen LogP contribution in [0.5, 0.6) is 23.0 Å². The van der Waals surface area contributed by atoms with Gasteiger partial charge in [-0.25, -0.2) is 0 Å². The first kappa shape index (κ1) is 19.8. The molecule has 5 nitrogen and oxygen atoms in total. The summed E-state index contributed by atoms with van der Waals surface area (Å²) in [6.45, 7) is 0. The lowest BCUT2D eigenvalue weighted by Gasteiger charge is -2.40. The molecule has 0 radical (unpaired) electrons. The van der Waals surface area contributed by atoms with Crippen molar-refractivity contribution in [3.8, 4) is 23.0 Å². The molecule has 1 aliphatic carbocycles. The van der Waals surface area contributed by atoms with Gasteiger partial charge in [0.25, 0.3) is 0 Å². The Kier molecular flexibility index (Phi) is 4.59. The highest BCUT2D eigenvalue weighted by Crippen LogP contribution is 2.68. The molecular weight excluding hydrogens is 392 g/mol. The fourth-order valence-electron chi connectivity index (χ4n) is 5.43. The standard InChI is InChI=1S/C26H26O5/c1-28-19-11-9-17(10-12-19)21-13-14-25(27)24-22(30-3)15-20(29-2)16-23(24)31-26(21,25)18-7-5-4-6-8-18/h4-12,15-16,21,27H,13-14H2,1-3H3/t21-,25?,26?/m0/s1. The van der Waals surface area contributed by atoms with E-state index in [-0.39, 0.29) is 5.92 Å². The topological polar surface area (TPSA) is 57.2 Å². The third-order valence-corrected chi connectivity index (χ3v) is 6.80. The van der Waals surface area contributed by atoms with E-state index in [1.54, 1.807) is 21.3 Å². The molecule has 0 aromatic heterocycles. The van der Waals surface area contributed by atoms with E-state index in [9.17, 15) is 5.11 Å². The molecule has 5 rings (SSSR count). The summed E-state index contributed by atoms with van der Waals surface area (Å²) in [5.41, 5.74) is 0.500. The van der Waals surface area contributed by atoms with Crippen molar-refractivity contribution in [3.05, 3.63) is 83.4 Å². The molecule has 1 heterocycles. The van der Waals surface area contributed by atoms with E-state index < -0.39 is 11.2 Å². The van der Waals surface area contributed by atoms with Crippen molar-refractivity contribution in [1.82, 2.24) is 0 Å². The molecule has 5 heteroatoms. The van der Waals surface area contributed by atoms with Crippen LogP contribution in [0.1, 0.15) is 35.4 Å². The number of hydrogen-bond acceptors (Lipinski definition) is 5. The summed E-state index contributed by atoms with van der Waals surface area (Å²) in [6, 6.07) is 21.7. The Morgan fingerprint density at radius 2 is 1.58 bits per heavy atom. The molecular formula is C26H26O5. The van der Waals surface area contributed by atoms with Crippen LogP contribution < -0.4 is 18.9 Å². The van der Waals surface area contributed by atoms with Crippen LogP contribution in [0, 0.1) is 0 Å². The van der Waals surface area contributed by atoms with E-state index in [4.69, 9.17) is 18.9 Å². The van der Waals surface area contributed by atoms with Gasteiger partial charge in [0, 0.05) is 18.1 Å². The van der Waals surface area contributed by atoms with Gasteiger partial charge in [-0.1, -0.05) is 42.5 Å². The zero-order valence-corrected chi connectivity index (χ0v) is 17.9. The van der Waals surface area contributed by atoms with Crippen molar-refractivity contribution in [2.45, 2.75) is 30.0 Å². The summed E-state index contributed by atoms with van der Waals surface area (Å²) >= 11 is 0. The van der Waals surface area contributed by atoms with Gasteiger partial charge in [0.05, 0.1) is 26.9 Å². The predicted octanol–water partition coefficient (Wildman–Crippen LogP) is 4.77. The second-order valence-corrected chi connectivity index (χ2v) is 8.13. The first-order valence-corrected chi connectivity index (χ1v) is 10.4. The minimum absolute atomic E-state index is 0.0612. The quantitative estimate of drug-likeness (QED) is 0.647. The number of aliphatic hydroxyl groups is 1. The number of benzene rings is 3. The molecule has 2 unspecified atom stereocenters. The molecule has 3 atom stereocenters. The number of ether oxygens (including phenoxy) is 4. The van der Waals surface area contributed by atoms with E-state index >= 15 is 0 Å². The fourth-order valence-corrected chi connectivity index (χ4v) is 5.43. The monoisotopic (exact) mass is 418 g/mol. The predicted molar refractivity (Wildman–Crippen MR) is 117 cm³/mol. The van der Waals surface area contributed by atoms with Gasteiger partial charge in [-0.05, 0) is 36.1 Å². The van der Waals surface area contributed by atoms with Crippen molar-refractivity contribution in [2.24, 2.45) is 0 Å². The second-order valence-electron chi connectivity index (χ2n) is 8.13. The minimum atomic E-state index is -1.24. The van der Waals surface area contributed by atoms with Gasteiger partial charge in [0.1, 0.15) is 28.6 Å². The second kappa shape index (κ2) is 7.20. The van der Waals surface area contributed by atoms with E-state index in [1.807, 2.05) is 54.6 Å². The van der Waals surface area contributed by atoms with Gasteiger partial charge in [-0.3, -0.25) is 0 Å². The number of rotatable bonds is 5. The summed E-state index contributed by atoms with van der Waals surface area (Å²) in [4.78, 5) is 0. The van der Waals surface area contributed by atoms with Gasteiger partial charge in [0.15, 0.2) is 5.60 Å². The zero-order valence-electron chi connectivity index (χ0n) is 17.9. The molecule has 160 valence electrons. The Labute approximate surface area is 182 Å². The number of hydrogen-bond donors (Lipinski definition) is 1. The summed E-state index contributed by atoms with van der Waals surface area (Å²) in [5.74, 6) is 2.54. The maximum atomic E-state index is 12.3. The van der Waals surface area contributed by atoms with E-state index in [0.29, 0.717) is 29.2 Å². The van der Waals surface area contributed by atoms with Crippen LogP contribution in [-0.4, -0.2) is 26.4 Å². The first-order valence-electron chi connectivity index (χ1n) is 10.4. The van der Waals surface area contributed by atoms with Crippen LogP contribution in [0.2, 0.25) is 0 Å². The largest absolute Gasteiger partial charge is 0.497 e. The summed E-state index contributed by atoms with van der Waals surface area (Å²) < 4.78 is 23.3. The maximum Gasteiger partial charge on any atom is 0.174 e.